The molecule has 0 saturated carbocycles. The molecule has 1 rings (SSSR count). The third-order valence-electron chi connectivity index (χ3n) is 3.40. The third kappa shape index (κ3) is 5.37. The van der Waals surface area contributed by atoms with Crippen LogP contribution in [-0.4, -0.2) is 38.2 Å². The summed E-state index contributed by atoms with van der Waals surface area (Å²) in [5.74, 6) is -1.62. The Kier molecular flexibility index (Phi) is 7.21. The fourth-order valence-electron chi connectivity index (χ4n) is 2.04. The van der Waals surface area contributed by atoms with E-state index in [2.05, 4.69) is 4.74 Å². The summed E-state index contributed by atoms with van der Waals surface area (Å²) in [6.45, 7) is 1.82. The van der Waals surface area contributed by atoms with E-state index in [1.54, 1.807) is 12.1 Å². The van der Waals surface area contributed by atoms with E-state index in [9.17, 15) is 14.4 Å². The molecule has 7 nitrogen and oxygen atoms in total. The second kappa shape index (κ2) is 8.89. The summed E-state index contributed by atoms with van der Waals surface area (Å²) < 4.78 is 14.8. The summed E-state index contributed by atoms with van der Waals surface area (Å²) in [6.07, 6.45) is -0.817. The summed E-state index contributed by atoms with van der Waals surface area (Å²) in [4.78, 5) is 34.4. The van der Waals surface area contributed by atoms with Crippen LogP contribution < -0.4 is 5.73 Å². The SMILES string of the molecule is COC(=O)CCC(OCc1c(C)cccc1C(=O)OC)C(N)=O. The monoisotopic (exact) mass is 323 g/mol. The minimum Gasteiger partial charge on any atom is -0.469 e. The lowest BCUT2D eigenvalue weighted by Crippen LogP contribution is -2.32. The molecule has 0 aliphatic rings. The summed E-state index contributed by atoms with van der Waals surface area (Å²) in [6, 6.07) is 5.16. The fraction of sp³-hybridized carbons (Fsp3) is 0.438. The summed E-state index contributed by atoms with van der Waals surface area (Å²) in [5, 5.41) is 0. The van der Waals surface area contributed by atoms with Crippen LogP contribution in [0.3, 0.4) is 0 Å². The van der Waals surface area contributed by atoms with Gasteiger partial charge in [0.1, 0.15) is 6.10 Å². The first-order valence-electron chi connectivity index (χ1n) is 7.05. The molecule has 1 atom stereocenters. The Morgan fingerprint density at radius 3 is 2.43 bits per heavy atom. The van der Waals surface area contributed by atoms with Crippen molar-refractivity contribution in [3.05, 3.63) is 34.9 Å². The van der Waals surface area contributed by atoms with Crippen molar-refractivity contribution in [3.8, 4) is 0 Å². The second-order valence-electron chi connectivity index (χ2n) is 4.91. The van der Waals surface area contributed by atoms with E-state index in [1.807, 2.05) is 13.0 Å². The van der Waals surface area contributed by atoms with Crippen molar-refractivity contribution in [1.82, 2.24) is 0 Å². The quantitative estimate of drug-likeness (QED) is 0.718. The maximum absolute atomic E-state index is 11.8. The standard InChI is InChI=1S/C16H21NO6/c1-10-5-4-6-11(16(20)22-3)12(10)9-23-13(15(17)19)7-8-14(18)21-2/h4-6,13H,7-9H2,1-3H3,(H2,17,19). The Balaban J connectivity index is 2.83. The van der Waals surface area contributed by atoms with Crippen LogP contribution >= 0.6 is 0 Å². The van der Waals surface area contributed by atoms with Gasteiger partial charge in [0.15, 0.2) is 0 Å². The molecule has 0 radical (unpaired) electrons. The molecule has 0 fully saturated rings. The van der Waals surface area contributed by atoms with Crippen molar-refractivity contribution in [2.45, 2.75) is 32.5 Å². The van der Waals surface area contributed by atoms with Gasteiger partial charge in [-0.3, -0.25) is 9.59 Å². The molecule has 1 amide bonds. The number of carbonyl (C=O) groups is 3. The van der Waals surface area contributed by atoms with Gasteiger partial charge in [0.2, 0.25) is 5.91 Å². The van der Waals surface area contributed by atoms with Gasteiger partial charge in [-0.25, -0.2) is 4.79 Å². The Bertz CT molecular complexity index is 584. The first-order valence-corrected chi connectivity index (χ1v) is 7.05. The van der Waals surface area contributed by atoms with Crippen LogP contribution in [0.15, 0.2) is 18.2 Å². The van der Waals surface area contributed by atoms with Crippen molar-refractivity contribution in [2.24, 2.45) is 5.73 Å². The number of nitrogens with two attached hydrogens (primary N) is 1. The molecule has 2 N–H and O–H groups in total. The summed E-state index contributed by atoms with van der Waals surface area (Å²) in [5.41, 5.74) is 7.09. The van der Waals surface area contributed by atoms with Gasteiger partial charge in [0, 0.05) is 6.42 Å². The molecular weight excluding hydrogens is 302 g/mol. The van der Waals surface area contributed by atoms with Crippen LogP contribution in [0.25, 0.3) is 0 Å². The summed E-state index contributed by atoms with van der Waals surface area (Å²) in [7, 11) is 2.55. The van der Waals surface area contributed by atoms with E-state index in [4.69, 9.17) is 15.2 Å². The van der Waals surface area contributed by atoms with E-state index < -0.39 is 23.9 Å². The van der Waals surface area contributed by atoms with Crippen molar-refractivity contribution < 1.29 is 28.6 Å². The lowest BCUT2D eigenvalue weighted by molar-refractivity contribution is -0.142. The number of methoxy groups -OCH3 is 2. The van der Waals surface area contributed by atoms with Crippen LogP contribution in [0.1, 0.15) is 34.3 Å². The predicted molar refractivity (Wildman–Crippen MR) is 81.5 cm³/mol. The molecule has 1 unspecified atom stereocenters. The molecular formula is C16H21NO6. The number of ether oxygens (including phenoxy) is 3. The smallest absolute Gasteiger partial charge is 0.338 e. The molecule has 1 aromatic rings. The average Bonchev–Trinajstić information content (AvgIpc) is 2.54. The van der Waals surface area contributed by atoms with Crippen molar-refractivity contribution in [2.75, 3.05) is 14.2 Å². The molecule has 23 heavy (non-hydrogen) atoms. The Morgan fingerprint density at radius 1 is 1.17 bits per heavy atom. The molecule has 126 valence electrons. The highest BCUT2D eigenvalue weighted by Crippen LogP contribution is 2.18. The highest BCUT2D eigenvalue weighted by Gasteiger charge is 2.20. The number of primary amides is 1. The summed E-state index contributed by atoms with van der Waals surface area (Å²) >= 11 is 0. The van der Waals surface area contributed by atoms with Crippen LogP contribution in [0.4, 0.5) is 0 Å². The van der Waals surface area contributed by atoms with Crippen molar-refractivity contribution in [1.29, 1.82) is 0 Å². The normalized spacial score (nSPS) is 11.6. The van der Waals surface area contributed by atoms with Crippen LogP contribution in [-0.2, 0) is 30.4 Å². The predicted octanol–water partition coefficient (Wildman–Crippen LogP) is 1.11. The largest absolute Gasteiger partial charge is 0.469 e. The van der Waals surface area contributed by atoms with Crippen molar-refractivity contribution in [3.63, 3.8) is 0 Å². The van der Waals surface area contributed by atoms with E-state index in [0.29, 0.717) is 11.1 Å². The number of benzene rings is 1. The molecule has 7 heteroatoms. The highest BCUT2D eigenvalue weighted by atomic mass is 16.5. The fourth-order valence-corrected chi connectivity index (χ4v) is 2.04. The van der Waals surface area contributed by atoms with E-state index in [1.165, 1.54) is 14.2 Å². The number of rotatable bonds is 8. The number of carbonyl (C=O) groups excluding carboxylic acids is 3. The number of hydrogen-bond acceptors (Lipinski definition) is 6. The molecule has 0 heterocycles. The molecule has 1 aromatic carbocycles. The molecule has 0 spiro atoms. The van der Waals surface area contributed by atoms with Gasteiger partial charge in [-0.15, -0.1) is 0 Å². The van der Waals surface area contributed by atoms with Gasteiger partial charge in [0.25, 0.3) is 0 Å². The Morgan fingerprint density at radius 2 is 1.87 bits per heavy atom. The lowest BCUT2D eigenvalue weighted by atomic mass is 10.0. The molecule has 0 aliphatic heterocycles. The van der Waals surface area contributed by atoms with Gasteiger partial charge < -0.3 is 19.9 Å². The van der Waals surface area contributed by atoms with E-state index in [0.717, 1.165) is 5.56 Å². The zero-order valence-electron chi connectivity index (χ0n) is 13.5. The maximum Gasteiger partial charge on any atom is 0.338 e. The second-order valence-corrected chi connectivity index (χ2v) is 4.91. The van der Waals surface area contributed by atoms with Crippen LogP contribution in [0, 0.1) is 6.92 Å². The van der Waals surface area contributed by atoms with E-state index >= 15 is 0 Å². The first kappa shape index (κ1) is 18.6. The first-order chi connectivity index (χ1) is 10.9. The Hall–Kier alpha value is -2.41. The zero-order chi connectivity index (χ0) is 17.4. The van der Waals surface area contributed by atoms with Gasteiger partial charge in [-0.2, -0.15) is 0 Å². The average molecular weight is 323 g/mol. The number of amides is 1. The minimum atomic E-state index is -0.945. The van der Waals surface area contributed by atoms with Crippen molar-refractivity contribution >= 4 is 17.8 Å². The topological polar surface area (TPSA) is 105 Å². The highest BCUT2D eigenvalue weighted by molar-refractivity contribution is 5.91. The van der Waals surface area contributed by atoms with Gasteiger partial charge in [0.05, 0.1) is 26.4 Å². The molecule has 0 saturated heterocycles. The molecule has 0 bridgehead atoms. The van der Waals surface area contributed by atoms with Gasteiger partial charge in [-0.1, -0.05) is 12.1 Å². The molecule has 0 aliphatic carbocycles. The number of esters is 2. The van der Waals surface area contributed by atoms with Gasteiger partial charge >= 0.3 is 11.9 Å². The minimum absolute atomic E-state index is 0.00584. The number of hydrogen-bond donors (Lipinski definition) is 1. The lowest BCUT2D eigenvalue weighted by Gasteiger charge is -2.17. The maximum atomic E-state index is 11.8. The van der Waals surface area contributed by atoms with Crippen LogP contribution in [0.5, 0.6) is 0 Å². The molecule has 0 aromatic heterocycles. The number of aryl methyl sites for hydroxylation is 1. The third-order valence-corrected chi connectivity index (χ3v) is 3.40. The zero-order valence-corrected chi connectivity index (χ0v) is 13.5. The van der Waals surface area contributed by atoms with Crippen LogP contribution in [0.2, 0.25) is 0 Å². The van der Waals surface area contributed by atoms with Gasteiger partial charge in [-0.05, 0) is 30.5 Å². The van der Waals surface area contributed by atoms with E-state index in [-0.39, 0.29) is 19.4 Å². The Labute approximate surface area is 134 Å².